The molecule has 1 aliphatic carbocycles. The lowest BCUT2D eigenvalue weighted by molar-refractivity contribution is -0.116. The molecule has 4 heteroatoms. The summed E-state index contributed by atoms with van der Waals surface area (Å²) in [6.07, 6.45) is 3.70. The molecule has 0 N–H and O–H groups in total. The van der Waals surface area contributed by atoms with Gasteiger partial charge in [-0.3, -0.25) is 4.79 Å². The molecule has 0 spiro atoms. The van der Waals surface area contributed by atoms with E-state index in [1.54, 1.807) is 21.3 Å². The molecule has 148 valence electrons. The highest BCUT2D eigenvalue weighted by molar-refractivity contribution is 5.98. The Morgan fingerprint density at radius 1 is 1.15 bits per heavy atom. The van der Waals surface area contributed by atoms with Gasteiger partial charge in [-0.2, -0.15) is 0 Å². The smallest absolute Gasteiger partial charge is 0.168 e. The molecule has 0 saturated carbocycles. The molecular formula is C23H32O4. The minimum atomic E-state index is -0.0652. The Labute approximate surface area is 163 Å². The van der Waals surface area contributed by atoms with Gasteiger partial charge in [-0.1, -0.05) is 40.3 Å². The molecule has 27 heavy (non-hydrogen) atoms. The van der Waals surface area contributed by atoms with Crippen molar-refractivity contribution in [3.05, 3.63) is 41.0 Å². The van der Waals surface area contributed by atoms with Crippen molar-refractivity contribution in [2.75, 3.05) is 21.3 Å². The molecule has 4 nitrogen and oxygen atoms in total. The summed E-state index contributed by atoms with van der Waals surface area (Å²) < 4.78 is 17.1. The van der Waals surface area contributed by atoms with E-state index in [1.165, 1.54) is 0 Å². The van der Waals surface area contributed by atoms with Gasteiger partial charge < -0.3 is 14.2 Å². The third kappa shape index (κ3) is 3.90. The predicted octanol–water partition coefficient (Wildman–Crippen LogP) is 5.25. The molecule has 0 fully saturated rings. The van der Waals surface area contributed by atoms with Crippen LogP contribution < -0.4 is 14.2 Å². The van der Waals surface area contributed by atoms with Gasteiger partial charge in [0.15, 0.2) is 17.3 Å². The van der Waals surface area contributed by atoms with Gasteiger partial charge in [-0.25, -0.2) is 0 Å². The highest BCUT2D eigenvalue weighted by Crippen LogP contribution is 2.47. The highest BCUT2D eigenvalue weighted by Gasteiger charge is 2.33. The number of carbonyl (C=O) groups is 1. The molecule has 0 amide bonds. The average Bonchev–Trinajstić information content (AvgIpc) is 2.63. The molecule has 0 radical (unpaired) electrons. The molecule has 0 atom stereocenters. The molecule has 1 aliphatic rings. The van der Waals surface area contributed by atoms with E-state index in [-0.39, 0.29) is 17.1 Å². The Kier molecular flexibility index (Phi) is 6.40. The van der Waals surface area contributed by atoms with Gasteiger partial charge in [0.1, 0.15) is 5.75 Å². The van der Waals surface area contributed by atoms with Crippen molar-refractivity contribution in [3.63, 3.8) is 0 Å². The van der Waals surface area contributed by atoms with Gasteiger partial charge in [0.05, 0.1) is 21.3 Å². The van der Waals surface area contributed by atoms with E-state index in [0.29, 0.717) is 24.3 Å². The maximum absolute atomic E-state index is 12.7. The van der Waals surface area contributed by atoms with Gasteiger partial charge >= 0.3 is 0 Å². The van der Waals surface area contributed by atoms with Crippen molar-refractivity contribution < 1.29 is 19.0 Å². The molecule has 0 saturated heterocycles. The Morgan fingerprint density at radius 3 is 2.26 bits per heavy atom. The molecule has 0 aromatic heterocycles. The van der Waals surface area contributed by atoms with Crippen molar-refractivity contribution in [3.8, 4) is 17.2 Å². The first-order valence-electron chi connectivity index (χ1n) is 9.42. The third-order valence-electron chi connectivity index (χ3n) is 5.46. The molecule has 0 aliphatic heterocycles. The van der Waals surface area contributed by atoms with Crippen molar-refractivity contribution in [1.82, 2.24) is 0 Å². The van der Waals surface area contributed by atoms with E-state index in [1.807, 2.05) is 12.1 Å². The topological polar surface area (TPSA) is 44.8 Å². The second-order valence-corrected chi connectivity index (χ2v) is 7.95. The number of benzene rings is 1. The number of hydrogen-bond acceptors (Lipinski definition) is 4. The zero-order valence-corrected chi connectivity index (χ0v) is 17.7. The van der Waals surface area contributed by atoms with Crippen LogP contribution in [0.3, 0.4) is 0 Å². The van der Waals surface area contributed by atoms with E-state index in [0.717, 1.165) is 34.4 Å². The van der Waals surface area contributed by atoms with E-state index in [9.17, 15) is 4.79 Å². The van der Waals surface area contributed by atoms with Crippen LogP contribution in [0.15, 0.2) is 29.9 Å². The van der Waals surface area contributed by atoms with Crippen LogP contribution in [0.25, 0.3) is 0 Å². The minimum Gasteiger partial charge on any atom is -0.496 e. The molecule has 0 bridgehead atoms. The zero-order valence-electron chi connectivity index (χ0n) is 17.7. The largest absolute Gasteiger partial charge is 0.496 e. The van der Waals surface area contributed by atoms with Crippen molar-refractivity contribution in [2.24, 2.45) is 5.41 Å². The van der Waals surface area contributed by atoms with E-state index in [2.05, 4.69) is 34.3 Å². The molecule has 0 unspecified atom stereocenters. The molecule has 0 heterocycles. The first-order chi connectivity index (χ1) is 12.7. The molecule has 1 aromatic carbocycles. The first-order valence-corrected chi connectivity index (χ1v) is 9.42. The molecule has 2 rings (SSSR count). The van der Waals surface area contributed by atoms with Crippen molar-refractivity contribution >= 4 is 5.78 Å². The number of hydrogen-bond donors (Lipinski definition) is 0. The Bertz CT molecular complexity index is 769. The number of Topliss-reactive ketones (excluding diaryl/α,β-unsaturated/α-hetero) is 1. The number of rotatable bonds is 7. The fraction of sp³-hybridized carbons (Fsp3) is 0.522. The first kappa shape index (κ1) is 21.1. The summed E-state index contributed by atoms with van der Waals surface area (Å²) in [5.74, 6) is 2.47. The monoisotopic (exact) mass is 372 g/mol. The predicted molar refractivity (Wildman–Crippen MR) is 109 cm³/mol. The molecular weight excluding hydrogens is 340 g/mol. The second-order valence-electron chi connectivity index (χ2n) is 7.95. The summed E-state index contributed by atoms with van der Waals surface area (Å²) >= 11 is 0. The van der Waals surface area contributed by atoms with Gasteiger partial charge in [0.2, 0.25) is 0 Å². The summed E-state index contributed by atoms with van der Waals surface area (Å²) in [6.45, 7) is 12.5. The van der Waals surface area contributed by atoms with E-state index < -0.39 is 0 Å². The maximum Gasteiger partial charge on any atom is 0.168 e. The fourth-order valence-electron chi connectivity index (χ4n) is 4.01. The number of methoxy groups -OCH3 is 3. The summed E-state index contributed by atoms with van der Waals surface area (Å²) in [7, 11) is 4.92. The van der Waals surface area contributed by atoms with Crippen LogP contribution in [0.1, 0.15) is 57.6 Å². The Hall–Kier alpha value is -2.23. The summed E-state index contributed by atoms with van der Waals surface area (Å²) in [6, 6.07) is 1.97. The van der Waals surface area contributed by atoms with Crippen LogP contribution in [0, 0.1) is 5.41 Å². The summed E-state index contributed by atoms with van der Waals surface area (Å²) in [5, 5.41) is 0. The lowest BCUT2D eigenvalue weighted by Crippen LogP contribution is -2.26. The SMILES string of the molecule is C=CC1=C(Cc2cc(OC)c(C(C)C)c(OC)c2OC)C(=O)CCC1(C)C. The standard InChI is InChI=1S/C23H32O4/c1-9-17-16(18(24)10-11-23(17,4)5)12-15-13-19(25-6)20(14(2)3)22(27-8)21(15)26-7/h9,13-14H,1,10-12H2,2-8H3. The van der Waals surface area contributed by atoms with Gasteiger partial charge in [0.25, 0.3) is 0 Å². The maximum atomic E-state index is 12.7. The van der Waals surface area contributed by atoms with Crippen LogP contribution in [0.5, 0.6) is 17.2 Å². The fourth-order valence-corrected chi connectivity index (χ4v) is 4.01. The van der Waals surface area contributed by atoms with E-state index >= 15 is 0 Å². The number of ketones is 1. The normalized spacial score (nSPS) is 16.5. The molecule has 1 aromatic rings. The lowest BCUT2D eigenvalue weighted by Gasteiger charge is -2.33. The van der Waals surface area contributed by atoms with Gasteiger partial charge in [-0.15, -0.1) is 0 Å². The van der Waals surface area contributed by atoms with Crippen LogP contribution in [0.4, 0.5) is 0 Å². The Balaban J connectivity index is 2.70. The number of ether oxygens (including phenoxy) is 3. The Morgan fingerprint density at radius 2 is 1.78 bits per heavy atom. The van der Waals surface area contributed by atoms with Crippen LogP contribution in [-0.4, -0.2) is 27.1 Å². The second kappa shape index (κ2) is 8.20. The summed E-state index contributed by atoms with van der Waals surface area (Å²) in [4.78, 5) is 12.7. The summed E-state index contributed by atoms with van der Waals surface area (Å²) in [5.41, 5.74) is 3.61. The third-order valence-corrected chi connectivity index (χ3v) is 5.46. The van der Waals surface area contributed by atoms with E-state index in [4.69, 9.17) is 14.2 Å². The number of carbonyl (C=O) groups excluding carboxylic acids is 1. The van der Waals surface area contributed by atoms with Gasteiger partial charge in [0, 0.05) is 29.5 Å². The van der Waals surface area contributed by atoms with Crippen molar-refractivity contribution in [2.45, 2.75) is 52.9 Å². The van der Waals surface area contributed by atoms with Crippen molar-refractivity contribution in [1.29, 1.82) is 0 Å². The average molecular weight is 373 g/mol. The van der Waals surface area contributed by atoms with Crippen LogP contribution >= 0.6 is 0 Å². The van der Waals surface area contributed by atoms with Crippen LogP contribution in [-0.2, 0) is 11.2 Å². The quantitative estimate of drug-likeness (QED) is 0.656. The zero-order chi connectivity index (χ0) is 20.4. The van der Waals surface area contributed by atoms with Gasteiger partial charge in [-0.05, 0) is 29.4 Å². The highest BCUT2D eigenvalue weighted by atomic mass is 16.5. The van der Waals surface area contributed by atoms with Crippen LogP contribution in [0.2, 0.25) is 0 Å². The lowest BCUT2D eigenvalue weighted by atomic mass is 9.71. The minimum absolute atomic E-state index is 0.0652. The number of allylic oxidation sites excluding steroid dienone is 3.